The van der Waals surface area contributed by atoms with Crippen LogP contribution in [0.5, 0.6) is 0 Å². The van der Waals surface area contributed by atoms with Crippen molar-refractivity contribution in [1.29, 1.82) is 0 Å². The first-order valence-electron chi connectivity index (χ1n) is 9.17. The number of imide groups is 2. The normalized spacial score (nSPS) is 14.5. The van der Waals surface area contributed by atoms with Crippen molar-refractivity contribution >= 4 is 23.6 Å². The lowest BCUT2D eigenvalue weighted by atomic mass is 10.1. The number of para-hydroxylation sites is 1. The maximum absolute atomic E-state index is 12.9. The molecule has 0 atom stereocenters. The zero-order valence-electron chi connectivity index (χ0n) is 16.4. The topological polar surface area (TPSA) is 79.7 Å². The van der Waals surface area contributed by atoms with Gasteiger partial charge in [0.05, 0.1) is 6.54 Å². The van der Waals surface area contributed by atoms with Gasteiger partial charge in [-0.3, -0.25) is 19.3 Å². The molecule has 28 heavy (non-hydrogen) atoms. The van der Waals surface area contributed by atoms with E-state index in [1.807, 2.05) is 62.6 Å². The minimum absolute atomic E-state index is 0.0288. The first-order chi connectivity index (χ1) is 13.2. The largest absolute Gasteiger partial charge is 0.334 e. The van der Waals surface area contributed by atoms with E-state index in [-0.39, 0.29) is 18.2 Å². The third kappa shape index (κ3) is 3.35. The maximum Gasteiger partial charge on any atom is 0.334 e. The van der Waals surface area contributed by atoms with Crippen LogP contribution in [0.25, 0.3) is 5.69 Å². The number of amides is 4. The second-order valence-electron chi connectivity index (χ2n) is 7.36. The fourth-order valence-corrected chi connectivity index (χ4v) is 3.46. The molecule has 2 aromatic rings. The fraction of sp³-hybridized carbons (Fsp3) is 0.333. The molecule has 3 rings (SSSR count). The Balaban J connectivity index is 1.85. The number of carbonyl (C=O) groups is 4. The summed E-state index contributed by atoms with van der Waals surface area (Å²) in [6.07, 6.45) is 0. The fourth-order valence-electron chi connectivity index (χ4n) is 3.46. The van der Waals surface area contributed by atoms with Crippen LogP contribution in [-0.2, 0) is 9.59 Å². The van der Waals surface area contributed by atoms with Crippen LogP contribution in [0.1, 0.15) is 35.6 Å². The number of aryl methyl sites for hydroxylation is 1. The lowest BCUT2D eigenvalue weighted by Gasteiger charge is -2.16. The number of Topliss-reactive ketones (excluding diaryl/α,β-unsaturated/α-hetero) is 1. The van der Waals surface area contributed by atoms with Crippen molar-refractivity contribution in [3.8, 4) is 5.69 Å². The van der Waals surface area contributed by atoms with Gasteiger partial charge in [0.15, 0.2) is 5.78 Å². The quantitative estimate of drug-likeness (QED) is 0.438. The highest BCUT2D eigenvalue weighted by Crippen LogP contribution is 2.22. The number of benzene rings is 1. The Morgan fingerprint density at radius 2 is 1.57 bits per heavy atom. The van der Waals surface area contributed by atoms with Crippen LogP contribution >= 0.6 is 0 Å². The molecule has 1 aliphatic heterocycles. The molecule has 4 amide bonds. The van der Waals surface area contributed by atoms with Crippen LogP contribution in [0.2, 0.25) is 0 Å². The molecular formula is C21H23N3O4. The third-order valence-electron chi connectivity index (χ3n) is 4.73. The molecular weight excluding hydrogens is 358 g/mol. The van der Waals surface area contributed by atoms with Gasteiger partial charge in [0.2, 0.25) is 0 Å². The van der Waals surface area contributed by atoms with Crippen LogP contribution in [0.15, 0.2) is 36.4 Å². The van der Waals surface area contributed by atoms with Gasteiger partial charge >= 0.3 is 17.8 Å². The van der Waals surface area contributed by atoms with Crippen molar-refractivity contribution in [2.45, 2.75) is 27.7 Å². The number of ketones is 1. The van der Waals surface area contributed by atoms with Gasteiger partial charge in [0.25, 0.3) is 0 Å². The van der Waals surface area contributed by atoms with Crippen LogP contribution in [0.3, 0.4) is 0 Å². The molecule has 146 valence electrons. The molecule has 0 bridgehead atoms. The van der Waals surface area contributed by atoms with Gasteiger partial charge < -0.3 is 4.57 Å². The Hall–Kier alpha value is -3.22. The molecule has 0 radical (unpaired) electrons. The van der Waals surface area contributed by atoms with Gasteiger partial charge in [0, 0.05) is 29.2 Å². The summed E-state index contributed by atoms with van der Waals surface area (Å²) in [5.41, 5.74) is 2.93. The third-order valence-corrected chi connectivity index (χ3v) is 4.73. The first kappa shape index (κ1) is 19.5. The van der Waals surface area contributed by atoms with Gasteiger partial charge in [-0.05, 0) is 38.0 Å². The highest BCUT2D eigenvalue weighted by molar-refractivity contribution is 6.45. The smallest absolute Gasteiger partial charge is 0.318 e. The molecule has 1 aromatic heterocycles. The first-order valence-corrected chi connectivity index (χ1v) is 9.17. The monoisotopic (exact) mass is 381 g/mol. The Labute approximate surface area is 163 Å². The van der Waals surface area contributed by atoms with E-state index in [1.165, 1.54) is 0 Å². The molecule has 0 saturated carbocycles. The van der Waals surface area contributed by atoms with Gasteiger partial charge in [-0.25, -0.2) is 9.69 Å². The summed E-state index contributed by atoms with van der Waals surface area (Å²) < 4.78 is 1.94. The molecule has 1 fully saturated rings. The molecule has 0 unspecified atom stereocenters. The van der Waals surface area contributed by atoms with E-state index in [0.717, 1.165) is 26.9 Å². The Morgan fingerprint density at radius 3 is 2.18 bits per heavy atom. The van der Waals surface area contributed by atoms with Gasteiger partial charge in [-0.15, -0.1) is 0 Å². The second-order valence-corrected chi connectivity index (χ2v) is 7.36. The molecule has 1 aliphatic rings. The van der Waals surface area contributed by atoms with E-state index in [9.17, 15) is 19.2 Å². The second kappa shape index (κ2) is 7.42. The number of hydrogen-bond donors (Lipinski definition) is 0. The number of nitrogens with zero attached hydrogens (tertiary/aromatic N) is 3. The van der Waals surface area contributed by atoms with E-state index in [1.54, 1.807) is 6.07 Å². The number of urea groups is 1. The number of rotatable bonds is 6. The zero-order chi connectivity index (χ0) is 20.6. The molecule has 2 heterocycles. The minimum Gasteiger partial charge on any atom is -0.318 e. The standard InChI is InChI=1S/C21H23N3O4/c1-13(2)11-22-19(26)20(27)23(21(22)28)12-18(25)17-10-14(3)24(15(17)4)16-8-6-5-7-9-16/h5-10,13H,11-12H2,1-4H3. The van der Waals surface area contributed by atoms with Gasteiger partial charge in [-0.1, -0.05) is 32.0 Å². The predicted octanol–water partition coefficient (Wildman–Crippen LogP) is 2.72. The van der Waals surface area contributed by atoms with Crippen molar-refractivity contribution in [2.75, 3.05) is 13.1 Å². The lowest BCUT2D eigenvalue weighted by Crippen LogP contribution is -2.38. The predicted molar refractivity (Wildman–Crippen MR) is 103 cm³/mol. The number of carbonyl (C=O) groups excluding carboxylic acids is 4. The molecule has 0 spiro atoms. The van der Waals surface area contributed by atoms with E-state index in [2.05, 4.69) is 0 Å². The summed E-state index contributed by atoms with van der Waals surface area (Å²) in [4.78, 5) is 51.3. The van der Waals surface area contributed by atoms with Crippen LogP contribution in [-0.4, -0.2) is 51.1 Å². The Morgan fingerprint density at radius 1 is 0.964 bits per heavy atom. The molecule has 7 heteroatoms. The van der Waals surface area contributed by atoms with Gasteiger partial charge in [0.1, 0.15) is 0 Å². The highest BCUT2D eigenvalue weighted by Gasteiger charge is 2.45. The molecule has 1 aromatic carbocycles. The summed E-state index contributed by atoms with van der Waals surface area (Å²) in [5.74, 6) is -2.17. The molecule has 1 saturated heterocycles. The molecule has 7 nitrogen and oxygen atoms in total. The van der Waals surface area contributed by atoms with E-state index < -0.39 is 24.4 Å². The average molecular weight is 381 g/mol. The molecule has 0 aliphatic carbocycles. The van der Waals surface area contributed by atoms with E-state index in [4.69, 9.17) is 0 Å². The van der Waals surface area contributed by atoms with Crippen molar-refractivity contribution in [2.24, 2.45) is 5.92 Å². The zero-order valence-corrected chi connectivity index (χ0v) is 16.4. The van der Waals surface area contributed by atoms with E-state index in [0.29, 0.717) is 5.56 Å². The summed E-state index contributed by atoms with van der Waals surface area (Å²) >= 11 is 0. The summed E-state index contributed by atoms with van der Waals surface area (Å²) in [7, 11) is 0. The highest BCUT2D eigenvalue weighted by atomic mass is 16.2. The SMILES string of the molecule is Cc1cc(C(=O)CN2C(=O)C(=O)N(CC(C)C)C2=O)c(C)n1-c1ccccc1. The van der Waals surface area contributed by atoms with Gasteiger partial charge in [-0.2, -0.15) is 0 Å². The Kier molecular flexibility index (Phi) is 5.18. The lowest BCUT2D eigenvalue weighted by molar-refractivity contribution is -0.143. The van der Waals surface area contributed by atoms with Crippen molar-refractivity contribution in [3.05, 3.63) is 53.3 Å². The van der Waals surface area contributed by atoms with Crippen LogP contribution < -0.4 is 0 Å². The minimum atomic E-state index is -0.948. The van der Waals surface area contributed by atoms with Crippen molar-refractivity contribution in [3.63, 3.8) is 0 Å². The maximum atomic E-state index is 12.9. The molecule has 0 N–H and O–H groups in total. The van der Waals surface area contributed by atoms with Crippen molar-refractivity contribution in [1.82, 2.24) is 14.4 Å². The van der Waals surface area contributed by atoms with Crippen molar-refractivity contribution < 1.29 is 19.2 Å². The summed E-state index contributed by atoms with van der Waals surface area (Å²) in [5, 5.41) is 0. The number of hydrogen-bond acceptors (Lipinski definition) is 4. The summed E-state index contributed by atoms with van der Waals surface area (Å²) in [6, 6.07) is 10.6. The number of aromatic nitrogens is 1. The van der Waals surface area contributed by atoms with E-state index >= 15 is 0 Å². The average Bonchev–Trinajstić information content (AvgIpc) is 3.05. The summed E-state index contributed by atoms with van der Waals surface area (Å²) in [6.45, 7) is 7.09. The van der Waals surface area contributed by atoms with Crippen LogP contribution in [0, 0.1) is 19.8 Å². The Bertz CT molecular complexity index is 960. The van der Waals surface area contributed by atoms with Crippen LogP contribution in [0.4, 0.5) is 4.79 Å².